The van der Waals surface area contributed by atoms with Crippen molar-refractivity contribution >= 4 is 0 Å². The van der Waals surface area contributed by atoms with Gasteiger partial charge in [0.15, 0.2) is 0 Å². The van der Waals surface area contributed by atoms with Crippen molar-refractivity contribution in [3.05, 3.63) is 0 Å². The zero-order chi connectivity index (χ0) is 13.9. The smallest absolute Gasteiger partial charge is 0.0613 e. The molecule has 0 radical (unpaired) electrons. The molecule has 2 rings (SSSR count). The molecular formula is C16H32N2O. The number of rotatable bonds is 5. The molecule has 1 aliphatic heterocycles. The molecule has 2 aliphatic rings. The average molecular weight is 268 g/mol. The molecule has 19 heavy (non-hydrogen) atoms. The van der Waals surface area contributed by atoms with Crippen molar-refractivity contribution in [2.75, 3.05) is 19.7 Å². The van der Waals surface area contributed by atoms with Crippen LogP contribution in [0.25, 0.3) is 0 Å². The monoisotopic (exact) mass is 268 g/mol. The van der Waals surface area contributed by atoms with Gasteiger partial charge in [-0.25, -0.2) is 0 Å². The van der Waals surface area contributed by atoms with E-state index < -0.39 is 0 Å². The Balaban J connectivity index is 1.95. The second-order valence-electron chi connectivity index (χ2n) is 6.99. The molecule has 112 valence electrons. The molecule has 3 heteroatoms. The van der Waals surface area contributed by atoms with E-state index in [-0.39, 0.29) is 5.54 Å². The molecule has 0 aromatic rings. The maximum atomic E-state index is 9.80. The van der Waals surface area contributed by atoms with E-state index in [0.717, 1.165) is 37.8 Å². The Bertz CT molecular complexity index is 284. The summed E-state index contributed by atoms with van der Waals surface area (Å²) in [4.78, 5) is 2.72. The number of nitrogens with zero attached hydrogens (tertiary/aromatic N) is 1. The van der Waals surface area contributed by atoms with Gasteiger partial charge in [-0.1, -0.05) is 13.8 Å². The van der Waals surface area contributed by atoms with Crippen LogP contribution in [0.1, 0.15) is 59.3 Å². The van der Waals surface area contributed by atoms with E-state index in [2.05, 4.69) is 31.0 Å². The fraction of sp³-hybridized carbons (Fsp3) is 1.00. The molecular weight excluding hydrogens is 236 g/mol. The van der Waals surface area contributed by atoms with Gasteiger partial charge in [-0.3, -0.25) is 4.90 Å². The average Bonchev–Trinajstić information content (AvgIpc) is 2.84. The number of aliphatic hydroxyl groups excluding tert-OH is 1. The summed E-state index contributed by atoms with van der Waals surface area (Å²) in [6.07, 6.45) is 7.36. The van der Waals surface area contributed by atoms with Crippen LogP contribution in [-0.4, -0.2) is 47.3 Å². The second-order valence-corrected chi connectivity index (χ2v) is 6.99. The van der Waals surface area contributed by atoms with Crippen LogP contribution in [0.5, 0.6) is 0 Å². The number of hydrogen-bond acceptors (Lipinski definition) is 3. The van der Waals surface area contributed by atoms with E-state index in [1.54, 1.807) is 0 Å². The Hall–Kier alpha value is -0.120. The van der Waals surface area contributed by atoms with Crippen molar-refractivity contribution in [2.45, 2.75) is 76.9 Å². The standard InChI is InChI=1S/C16H32N2O/c1-4-9-17-16(12-19)8-7-15(10-16)18-11-13(2)5-6-14(18)3/h13-15,17,19H,4-12H2,1-3H3. The molecule has 4 unspecified atom stereocenters. The van der Waals surface area contributed by atoms with Gasteiger partial charge in [0.2, 0.25) is 0 Å². The van der Waals surface area contributed by atoms with Crippen molar-refractivity contribution in [3.63, 3.8) is 0 Å². The molecule has 1 heterocycles. The van der Waals surface area contributed by atoms with Crippen molar-refractivity contribution in [1.82, 2.24) is 10.2 Å². The minimum Gasteiger partial charge on any atom is -0.394 e. The molecule has 1 saturated carbocycles. The molecule has 0 spiro atoms. The number of nitrogens with one attached hydrogen (secondary N) is 1. The highest BCUT2D eigenvalue weighted by Gasteiger charge is 2.42. The molecule has 3 nitrogen and oxygen atoms in total. The van der Waals surface area contributed by atoms with Gasteiger partial charge in [-0.2, -0.15) is 0 Å². The van der Waals surface area contributed by atoms with E-state index in [4.69, 9.17) is 0 Å². The highest BCUT2D eigenvalue weighted by atomic mass is 16.3. The first-order chi connectivity index (χ1) is 9.10. The predicted octanol–water partition coefficient (Wildman–Crippen LogP) is 2.39. The minimum atomic E-state index is 0.00107. The van der Waals surface area contributed by atoms with E-state index >= 15 is 0 Å². The van der Waals surface area contributed by atoms with Gasteiger partial charge in [-0.05, 0) is 57.9 Å². The van der Waals surface area contributed by atoms with Crippen LogP contribution in [0.4, 0.5) is 0 Å². The van der Waals surface area contributed by atoms with Gasteiger partial charge < -0.3 is 10.4 Å². The fourth-order valence-electron chi connectivity index (χ4n) is 3.96. The number of hydrogen-bond donors (Lipinski definition) is 2. The van der Waals surface area contributed by atoms with Crippen LogP contribution in [0.3, 0.4) is 0 Å². The summed E-state index contributed by atoms with van der Waals surface area (Å²) < 4.78 is 0. The normalized spacial score (nSPS) is 40.7. The highest BCUT2D eigenvalue weighted by molar-refractivity contribution is 5.00. The molecule has 0 aromatic carbocycles. The molecule has 1 aliphatic carbocycles. The Kier molecular flexibility index (Phi) is 5.27. The summed E-state index contributed by atoms with van der Waals surface area (Å²) in [5.41, 5.74) is 0.00107. The number of aliphatic hydroxyl groups is 1. The lowest BCUT2D eigenvalue weighted by molar-refractivity contribution is 0.0699. The van der Waals surface area contributed by atoms with Crippen molar-refractivity contribution in [3.8, 4) is 0 Å². The van der Waals surface area contributed by atoms with Crippen molar-refractivity contribution in [2.24, 2.45) is 5.92 Å². The third kappa shape index (κ3) is 3.50. The van der Waals surface area contributed by atoms with Gasteiger partial charge >= 0.3 is 0 Å². The van der Waals surface area contributed by atoms with Crippen LogP contribution >= 0.6 is 0 Å². The molecule has 4 atom stereocenters. The van der Waals surface area contributed by atoms with Crippen LogP contribution < -0.4 is 5.32 Å². The van der Waals surface area contributed by atoms with Gasteiger partial charge in [0, 0.05) is 24.2 Å². The minimum absolute atomic E-state index is 0.00107. The molecule has 0 aromatic heterocycles. The Morgan fingerprint density at radius 1 is 1.26 bits per heavy atom. The molecule has 0 amide bonds. The van der Waals surface area contributed by atoms with Crippen LogP contribution in [0, 0.1) is 5.92 Å². The van der Waals surface area contributed by atoms with Crippen LogP contribution in [0.2, 0.25) is 0 Å². The summed E-state index contributed by atoms with van der Waals surface area (Å²) in [6, 6.07) is 1.40. The molecule has 1 saturated heterocycles. The van der Waals surface area contributed by atoms with Crippen molar-refractivity contribution < 1.29 is 5.11 Å². The maximum Gasteiger partial charge on any atom is 0.0613 e. The van der Waals surface area contributed by atoms with Gasteiger partial charge in [0.05, 0.1) is 6.61 Å². The predicted molar refractivity (Wildman–Crippen MR) is 80.3 cm³/mol. The quantitative estimate of drug-likeness (QED) is 0.803. The summed E-state index contributed by atoms with van der Waals surface area (Å²) in [5.74, 6) is 0.837. The zero-order valence-electron chi connectivity index (χ0n) is 13.0. The summed E-state index contributed by atoms with van der Waals surface area (Å²) in [7, 11) is 0. The topological polar surface area (TPSA) is 35.5 Å². The van der Waals surface area contributed by atoms with E-state index in [9.17, 15) is 5.11 Å². The lowest BCUT2D eigenvalue weighted by atomic mass is 9.92. The van der Waals surface area contributed by atoms with E-state index in [1.165, 1.54) is 25.8 Å². The SMILES string of the molecule is CCCNC1(CO)CCC(N2CC(C)CCC2C)C1. The van der Waals surface area contributed by atoms with Gasteiger partial charge in [-0.15, -0.1) is 0 Å². The van der Waals surface area contributed by atoms with E-state index in [0.29, 0.717) is 12.6 Å². The summed E-state index contributed by atoms with van der Waals surface area (Å²) in [5, 5.41) is 13.4. The largest absolute Gasteiger partial charge is 0.394 e. The van der Waals surface area contributed by atoms with Crippen LogP contribution in [0.15, 0.2) is 0 Å². The van der Waals surface area contributed by atoms with E-state index in [1.807, 2.05) is 0 Å². The zero-order valence-corrected chi connectivity index (χ0v) is 13.0. The first-order valence-electron chi connectivity index (χ1n) is 8.22. The third-order valence-corrected chi connectivity index (χ3v) is 5.27. The first kappa shape index (κ1) is 15.3. The third-order valence-electron chi connectivity index (χ3n) is 5.27. The van der Waals surface area contributed by atoms with Gasteiger partial charge in [0.1, 0.15) is 0 Å². The first-order valence-corrected chi connectivity index (χ1v) is 8.22. The summed E-state index contributed by atoms with van der Waals surface area (Å²) in [6.45, 7) is 9.52. The lowest BCUT2D eigenvalue weighted by Crippen LogP contribution is -2.51. The number of likely N-dealkylation sites (tertiary alicyclic amines) is 1. The molecule has 0 bridgehead atoms. The Morgan fingerprint density at radius 2 is 2.05 bits per heavy atom. The summed E-state index contributed by atoms with van der Waals surface area (Å²) >= 11 is 0. The molecule has 2 N–H and O–H groups in total. The van der Waals surface area contributed by atoms with Crippen LogP contribution in [-0.2, 0) is 0 Å². The molecule has 2 fully saturated rings. The fourth-order valence-corrected chi connectivity index (χ4v) is 3.96. The second kappa shape index (κ2) is 6.55. The Labute approximate surface area is 118 Å². The highest BCUT2D eigenvalue weighted by Crippen LogP contribution is 2.36. The maximum absolute atomic E-state index is 9.80. The van der Waals surface area contributed by atoms with Crippen molar-refractivity contribution in [1.29, 1.82) is 0 Å². The van der Waals surface area contributed by atoms with Gasteiger partial charge in [0.25, 0.3) is 0 Å². The number of piperidine rings is 1. The Morgan fingerprint density at radius 3 is 2.74 bits per heavy atom. The lowest BCUT2D eigenvalue weighted by Gasteiger charge is -2.41.